The Morgan fingerprint density at radius 1 is 1.40 bits per heavy atom. The lowest BCUT2D eigenvalue weighted by Crippen LogP contribution is -2.39. The Morgan fingerprint density at radius 2 is 2.24 bits per heavy atom. The van der Waals surface area contributed by atoms with E-state index >= 15 is 0 Å². The predicted molar refractivity (Wildman–Crippen MR) is 95.6 cm³/mol. The quantitative estimate of drug-likeness (QED) is 0.758. The highest BCUT2D eigenvalue weighted by Crippen LogP contribution is 2.21. The van der Waals surface area contributed by atoms with Gasteiger partial charge in [0.25, 0.3) is 0 Å². The molecule has 0 saturated heterocycles. The highest BCUT2D eigenvalue weighted by molar-refractivity contribution is 7.18. The second-order valence-electron chi connectivity index (χ2n) is 6.28. The Bertz CT molecular complexity index is 953. The molecule has 0 unspecified atom stereocenters. The summed E-state index contributed by atoms with van der Waals surface area (Å²) in [5, 5.41) is 8.21. The van der Waals surface area contributed by atoms with Crippen LogP contribution in [0.1, 0.15) is 17.3 Å². The number of aryl methyl sites for hydroxylation is 2. The van der Waals surface area contributed by atoms with Gasteiger partial charge in [-0.3, -0.25) is 9.36 Å². The number of nitrogens with one attached hydrogen (secondary N) is 1. The number of nitrogens with zero attached hydrogens (tertiary/aromatic N) is 4. The zero-order valence-corrected chi connectivity index (χ0v) is 14.8. The molecule has 7 nitrogen and oxygen atoms in total. The van der Waals surface area contributed by atoms with Gasteiger partial charge in [-0.25, -0.2) is 14.5 Å². The molecule has 0 aliphatic carbocycles. The average molecular weight is 357 g/mol. The van der Waals surface area contributed by atoms with Crippen molar-refractivity contribution in [2.45, 2.75) is 25.8 Å². The third kappa shape index (κ3) is 3.09. The molecule has 0 radical (unpaired) electrons. The van der Waals surface area contributed by atoms with E-state index in [1.54, 1.807) is 23.0 Å². The zero-order chi connectivity index (χ0) is 17.4. The van der Waals surface area contributed by atoms with Crippen molar-refractivity contribution >= 4 is 27.5 Å². The molecule has 0 bridgehead atoms. The molecule has 0 spiro atoms. The van der Waals surface area contributed by atoms with E-state index in [4.69, 9.17) is 0 Å². The first-order valence-electron chi connectivity index (χ1n) is 8.36. The molecule has 1 atom stereocenters. The molecule has 1 aromatic carbocycles. The van der Waals surface area contributed by atoms with Crippen LogP contribution in [0, 0.1) is 5.92 Å². The van der Waals surface area contributed by atoms with Crippen LogP contribution in [0.25, 0.3) is 10.2 Å². The summed E-state index contributed by atoms with van der Waals surface area (Å²) in [6.07, 6.45) is 2.10. The Balaban J connectivity index is 1.35. The van der Waals surface area contributed by atoms with E-state index in [2.05, 4.69) is 21.5 Å². The third-order valence-electron chi connectivity index (χ3n) is 4.55. The number of hydrogen-bond acceptors (Lipinski definition) is 5. The molecule has 1 N–H and O–H groups in total. The lowest BCUT2D eigenvalue weighted by Gasteiger charge is -2.21. The zero-order valence-electron chi connectivity index (χ0n) is 13.9. The van der Waals surface area contributed by atoms with Crippen LogP contribution in [0.15, 0.2) is 29.1 Å². The molecule has 2 aromatic heterocycles. The highest BCUT2D eigenvalue weighted by Gasteiger charge is 2.27. The van der Waals surface area contributed by atoms with Crippen LogP contribution in [0.3, 0.4) is 0 Å². The van der Waals surface area contributed by atoms with Crippen molar-refractivity contribution in [3.05, 3.63) is 45.6 Å². The van der Waals surface area contributed by atoms with Crippen molar-refractivity contribution in [3.8, 4) is 0 Å². The number of fused-ring (bicyclic) bond motifs is 2. The first kappa shape index (κ1) is 16.0. The monoisotopic (exact) mass is 357 g/mol. The number of carbonyl (C=O) groups is 1. The van der Waals surface area contributed by atoms with Gasteiger partial charge in [0.2, 0.25) is 5.91 Å². The number of benzene rings is 1. The number of aromatic nitrogens is 4. The van der Waals surface area contributed by atoms with Gasteiger partial charge in [0.05, 0.1) is 21.1 Å². The summed E-state index contributed by atoms with van der Waals surface area (Å²) in [5.74, 6) is 0.596. The van der Waals surface area contributed by atoms with Crippen molar-refractivity contribution in [2.75, 3.05) is 6.54 Å². The Morgan fingerprint density at radius 3 is 3.08 bits per heavy atom. The van der Waals surface area contributed by atoms with E-state index in [9.17, 15) is 9.59 Å². The van der Waals surface area contributed by atoms with Gasteiger partial charge in [0.15, 0.2) is 0 Å². The second kappa shape index (κ2) is 6.44. The molecular formula is C17H19N5O2S. The van der Waals surface area contributed by atoms with Crippen LogP contribution < -0.4 is 11.0 Å². The topological polar surface area (TPSA) is 81.8 Å². The molecule has 8 heteroatoms. The van der Waals surface area contributed by atoms with Crippen LogP contribution in [-0.4, -0.2) is 31.8 Å². The van der Waals surface area contributed by atoms with Crippen molar-refractivity contribution in [1.82, 2.24) is 24.6 Å². The number of carbonyl (C=O) groups excluding carboxylic acids is 1. The summed E-state index contributed by atoms with van der Waals surface area (Å²) in [5.41, 5.74) is 0.853. The van der Waals surface area contributed by atoms with Gasteiger partial charge in [-0.05, 0) is 18.6 Å². The minimum Gasteiger partial charge on any atom is -0.355 e. The van der Waals surface area contributed by atoms with E-state index in [-0.39, 0.29) is 17.5 Å². The van der Waals surface area contributed by atoms with Gasteiger partial charge in [-0.1, -0.05) is 12.1 Å². The van der Waals surface area contributed by atoms with Crippen LogP contribution in [-0.2, 0) is 31.2 Å². The van der Waals surface area contributed by atoms with Crippen LogP contribution in [0.2, 0.25) is 0 Å². The van der Waals surface area contributed by atoms with Crippen LogP contribution >= 0.6 is 11.3 Å². The van der Waals surface area contributed by atoms with Gasteiger partial charge in [0, 0.05) is 33.0 Å². The van der Waals surface area contributed by atoms with Gasteiger partial charge < -0.3 is 5.32 Å². The lowest BCUT2D eigenvalue weighted by atomic mass is 9.98. The number of thiazole rings is 1. The van der Waals surface area contributed by atoms with E-state index in [0.29, 0.717) is 19.5 Å². The van der Waals surface area contributed by atoms with E-state index in [1.165, 1.54) is 9.38 Å². The summed E-state index contributed by atoms with van der Waals surface area (Å²) in [4.78, 5) is 29.0. The molecule has 3 aromatic rings. The van der Waals surface area contributed by atoms with Crippen molar-refractivity contribution < 1.29 is 4.79 Å². The Labute approximate surface area is 148 Å². The van der Waals surface area contributed by atoms with Crippen LogP contribution in [0.5, 0.6) is 0 Å². The second-order valence-corrected chi connectivity index (χ2v) is 7.40. The van der Waals surface area contributed by atoms with E-state index < -0.39 is 0 Å². The molecule has 130 valence electrons. The summed E-state index contributed by atoms with van der Waals surface area (Å²) in [6.45, 7) is 0.971. The SMILES string of the molecule is Cn1nc2n(c1=O)C[C@@H](C(=O)NCCc1nc3ccccc3s1)CC2. The van der Waals surface area contributed by atoms with Gasteiger partial charge in [-0.2, -0.15) is 5.10 Å². The third-order valence-corrected chi connectivity index (χ3v) is 5.65. The molecule has 1 amide bonds. The normalized spacial score (nSPS) is 16.8. The Hall–Kier alpha value is -2.48. The molecular weight excluding hydrogens is 338 g/mol. The van der Waals surface area contributed by atoms with Crippen molar-refractivity contribution in [2.24, 2.45) is 13.0 Å². The van der Waals surface area contributed by atoms with E-state index in [1.807, 2.05) is 18.2 Å². The van der Waals surface area contributed by atoms with Crippen molar-refractivity contribution in [3.63, 3.8) is 0 Å². The largest absolute Gasteiger partial charge is 0.355 e. The molecule has 4 rings (SSSR count). The van der Waals surface area contributed by atoms with Crippen LogP contribution in [0.4, 0.5) is 0 Å². The fraction of sp³-hybridized carbons (Fsp3) is 0.412. The summed E-state index contributed by atoms with van der Waals surface area (Å²) < 4.78 is 4.11. The molecule has 0 fully saturated rings. The molecule has 1 aliphatic heterocycles. The number of rotatable bonds is 4. The fourth-order valence-electron chi connectivity index (χ4n) is 3.22. The number of amides is 1. The van der Waals surface area contributed by atoms with Gasteiger partial charge in [-0.15, -0.1) is 11.3 Å². The fourth-order valence-corrected chi connectivity index (χ4v) is 4.18. The van der Waals surface area contributed by atoms with Gasteiger partial charge in [0.1, 0.15) is 5.82 Å². The maximum Gasteiger partial charge on any atom is 0.345 e. The first-order valence-corrected chi connectivity index (χ1v) is 9.18. The average Bonchev–Trinajstić information content (AvgIpc) is 3.15. The standard InChI is InChI=1S/C17H19N5O2S/c1-21-17(24)22-10-11(6-7-14(22)20-21)16(23)18-9-8-15-19-12-4-2-3-5-13(12)25-15/h2-5,11H,6-10H2,1H3,(H,18,23)/t11-/m0/s1. The van der Waals surface area contributed by atoms with Crippen molar-refractivity contribution in [1.29, 1.82) is 0 Å². The maximum absolute atomic E-state index is 12.4. The minimum absolute atomic E-state index is 0.00233. The summed E-state index contributed by atoms with van der Waals surface area (Å²) in [6, 6.07) is 8.04. The molecule has 3 heterocycles. The number of para-hydroxylation sites is 1. The predicted octanol–water partition coefficient (Wildman–Crippen LogP) is 1.11. The maximum atomic E-state index is 12.4. The Kier molecular flexibility index (Phi) is 4.12. The number of hydrogen-bond donors (Lipinski definition) is 1. The minimum atomic E-state index is -0.176. The molecule has 0 saturated carbocycles. The molecule has 1 aliphatic rings. The molecule has 25 heavy (non-hydrogen) atoms. The lowest BCUT2D eigenvalue weighted by molar-refractivity contribution is -0.125. The highest BCUT2D eigenvalue weighted by atomic mass is 32.1. The first-order chi connectivity index (χ1) is 12.1. The summed E-state index contributed by atoms with van der Waals surface area (Å²) >= 11 is 1.66. The van der Waals surface area contributed by atoms with Gasteiger partial charge >= 0.3 is 5.69 Å². The smallest absolute Gasteiger partial charge is 0.345 e. The summed E-state index contributed by atoms with van der Waals surface area (Å²) in [7, 11) is 1.64. The van der Waals surface area contributed by atoms with E-state index in [0.717, 1.165) is 29.2 Å².